The normalized spacial score (nSPS) is 11.0. The number of rotatable bonds is 6. The molecular weight excluding hydrogens is 354 g/mol. The van der Waals surface area contributed by atoms with E-state index >= 15 is 0 Å². The molecule has 8 heteroatoms. The van der Waals surface area contributed by atoms with Gasteiger partial charge in [-0.2, -0.15) is 5.10 Å². The first-order valence-electron chi connectivity index (χ1n) is 7.92. The number of hydrogen-bond acceptors (Lipinski definition) is 4. The van der Waals surface area contributed by atoms with Gasteiger partial charge >= 0.3 is 0 Å². The number of halogens is 1. The molecule has 0 aliphatic heterocycles. The maximum Gasteiger partial charge on any atom is 0.266 e. The summed E-state index contributed by atoms with van der Waals surface area (Å²) in [5, 5.41) is 11.6. The van der Waals surface area contributed by atoms with Gasteiger partial charge in [0.1, 0.15) is 0 Å². The largest absolute Gasteiger partial charge is 0.351 e. The molecule has 3 aromatic rings. The van der Waals surface area contributed by atoms with Gasteiger partial charge in [0.25, 0.3) is 5.56 Å². The van der Waals surface area contributed by atoms with Gasteiger partial charge in [-0.15, -0.1) is 5.10 Å². The number of aromatic nitrogens is 4. The fourth-order valence-electron chi connectivity index (χ4n) is 2.24. The summed E-state index contributed by atoms with van der Waals surface area (Å²) in [6, 6.07) is 12.0. The summed E-state index contributed by atoms with van der Waals surface area (Å²) in [6.45, 7) is 0.515. The highest BCUT2D eigenvalue weighted by molar-refractivity contribution is 6.32. The van der Waals surface area contributed by atoms with Crippen LogP contribution in [0, 0.1) is 0 Å². The molecule has 0 aliphatic rings. The molecular formula is C18H16ClN5O2. The maximum absolute atomic E-state index is 11.9. The van der Waals surface area contributed by atoms with Crippen LogP contribution < -0.4 is 10.9 Å². The zero-order valence-corrected chi connectivity index (χ0v) is 14.5. The van der Waals surface area contributed by atoms with E-state index in [9.17, 15) is 9.59 Å². The fourth-order valence-corrected chi connectivity index (χ4v) is 2.44. The standard InChI is InChI=1S/C18H16ClN5O2/c19-15-5-2-1-4-14(15)6-8-17(25)20-11-13-24-18(26)9-7-16(22-24)23-12-3-10-21-23/h1-10,12H,11,13H2,(H,20,25)/b8-6+. The van der Waals surface area contributed by atoms with Gasteiger partial charge in [-0.1, -0.05) is 29.8 Å². The van der Waals surface area contributed by atoms with E-state index < -0.39 is 0 Å². The monoisotopic (exact) mass is 369 g/mol. The predicted octanol–water partition coefficient (Wildman–Crippen LogP) is 1.91. The summed E-state index contributed by atoms with van der Waals surface area (Å²) in [5.74, 6) is 0.251. The molecule has 0 saturated carbocycles. The highest BCUT2D eigenvalue weighted by Crippen LogP contribution is 2.15. The Kier molecular flexibility index (Phi) is 5.60. The van der Waals surface area contributed by atoms with Crippen LogP contribution in [0.25, 0.3) is 11.9 Å². The van der Waals surface area contributed by atoms with Crippen LogP contribution in [0.1, 0.15) is 5.56 Å². The van der Waals surface area contributed by atoms with E-state index in [4.69, 9.17) is 11.6 Å². The summed E-state index contributed by atoms with van der Waals surface area (Å²) in [5.41, 5.74) is 0.510. The molecule has 0 spiro atoms. The van der Waals surface area contributed by atoms with Crippen LogP contribution in [0.2, 0.25) is 5.02 Å². The lowest BCUT2D eigenvalue weighted by atomic mass is 10.2. The van der Waals surface area contributed by atoms with Crippen molar-refractivity contribution in [3.63, 3.8) is 0 Å². The van der Waals surface area contributed by atoms with Crippen molar-refractivity contribution in [2.75, 3.05) is 6.54 Å². The molecule has 132 valence electrons. The first kappa shape index (κ1) is 17.6. The van der Waals surface area contributed by atoms with Crippen molar-refractivity contribution in [1.29, 1.82) is 0 Å². The Morgan fingerprint density at radius 1 is 1.19 bits per heavy atom. The summed E-state index contributed by atoms with van der Waals surface area (Å²) in [7, 11) is 0. The van der Waals surface area contributed by atoms with Gasteiger partial charge in [-0.25, -0.2) is 9.36 Å². The van der Waals surface area contributed by atoms with E-state index in [2.05, 4.69) is 15.5 Å². The first-order chi connectivity index (χ1) is 12.6. The molecule has 0 aliphatic carbocycles. The van der Waals surface area contributed by atoms with Crippen molar-refractivity contribution >= 4 is 23.6 Å². The van der Waals surface area contributed by atoms with Crippen molar-refractivity contribution in [3.05, 3.63) is 81.9 Å². The quantitative estimate of drug-likeness (QED) is 0.673. The first-order valence-corrected chi connectivity index (χ1v) is 8.30. The Balaban J connectivity index is 1.58. The topological polar surface area (TPSA) is 81.8 Å². The van der Waals surface area contributed by atoms with Gasteiger partial charge in [-0.05, 0) is 29.8 Å². The summed E-state index contributed by atoms with van der Waals surface area (Å²) in [4.78, 5) is 23.8. The maximum atomic E-state index is 11.9. The summed E-state index contributed by atoms with van der Waals surface area (Å²) >= 11 is 6.03. The zero-order chi connectivity index (χ0) is 18.4. The van der Waals surface area contributed by atoms with Gasteiger partial charge in [0.2, 0.25) is 5.91 Å². The van der Waals surface area contributed by atoms with Gasteiger partial charge < -0.3 is 5.32 Å². The smallest absolute Gasteiger partial charge is 0.266 e. The lowest BCUT2D eigenvalue weighted by Crippen LogP contribution is -2.31. The third-order valence-corrected chi connectivity index (χ3v) is 3.88. The zero-order valence-electron chi connectivity index (χ0n) is 13.7. The SMILES string of the molecule is O=C(/C=C/c1ccccc1Cl)NCCn1nc(-n2cccn2)ccc1=O. The molecule has 26 heavy (non-hydrogen) atoms. The fraction of sp³-hybridized carbons (Fsp3) is 0.111. The van der Waals surface area contributed by atoms with Crippen LogP contribution in [-0.4, -0.2) is 32.0 Å². The van der Waals surface area contributed by atoms with Crippen LogP contribution in [0.4, 0.5) is 0 Å². The lowest BCUT2D eigenvalue weighted by Gasteiger charge is -2.07. The number of hydrogen-bond donors (Lipinski definition) is 1. The van der Waals surface area contributed by atoms with Crippen LogP contribution in [-0.2, 0) is 11.3 Å². The Morgan fingerprint density at radius 3 is 2.81 bits per heavy atom. The lowest BCUT2D eigenvalue weighted by molar-refractivity contribution is -0.116. The van der Waals surface area contributed by atoms with Crippen LogP contribution in [0.15, 0.2) is 65.7 Å². The minimum Gasteiger partial charge on any atom is -0.351 e. The molecule has 0 radical (unpaired) electrons. The minimum atomic E-state index is -0.277. The molecule has 1 amide bonds. The van der Waals surface area contributed by atoms with E-state index in [-0.39, 0.29) is 24.6 Å². The Labute approximate surface area is 154 Å². The second-order valence-corrected chi connectivity index (χ2v) is 5.76. The van der Waals surface area contributed by atoms with E-state index in [0.717, 1.165) is 5.56 Å². The van der Waals surface area contributed by atoms with Crippen LogP contribution in [0.3, 0.4) is 0 Å². The molecule has 0 atom stereocenters. The van der Waals surface area contributed by atoms with Gasteiger partial charge in [-0.3, -0.25) is 9.59 Å². The van der Waals surface area contributed by atoms with E-state index in [1.165, 1.54) is 16.8 Å². The van der Waals surface area contributed by atoms with Crippen molar-refractivity contribution in [2.24, 2.45) is 0 Å². The minimum absolute atomic E-state index is 0.248. The molecule has 7 nitrogen and oxygen atoms in total. The molecule has 1 aromatic carbocycles. The van der Waals surface area contributed by atoms with Gasteiger partial charge in [0.15, 0.2) is 5.82 Å². The average molecular weight is 370 g/mol. The molecule has 0 bridgehead atoms. The van der Waals surface area contributed by atoms with Crippen LogP contribution in [0.5, 0.6) is 0 Å². The number of carbonyl (C=O) groups excluding carboxylic acids is 1. The number of carbonyl (C=O) groups is 1. The molecule has 0 saturated heterocycles. The van der Waals surface area contributed by atoms with Gasteiger partial charge in [0, 0.05) is 36.1 Å². The number of nitrogens with zero attached hydrogens (tertiary/aromatic N) is 4. The Bertz CT molecular complexity index is 979. The molecule has 2 heterocycles. The van der Waals surface area contributed by atoms with Crippen molar-refractivity contribution in [1.82, 2.24) is 24.9 Å². The van der Waals surface area contributed by atoms with Crippen molar-refractivity contribution in [3.8, 4) is 5.82 Å². The van der Waals surface area contributed by atoms with Crippen LogP contribution >= 0.6 is 11.6 Å². The molecule has 1 N–H and O–H groups in total. The summed E-state index contributed by atoms with van der Waals surface area (Å²) in [6.07, 6.45) is 6.40. The molecule has 2 aromatic heterocycles. The third-order valence-electron chi connectivity index (χ3n) is 3.53. The predicted molar refractivity (Wildman–Crippen MR) is 99.1 cm³/mol. The highest BCUT2D eigenvalue weighted by atomic mass is 35.5. The van der Waals surface area contributed by atoms with Crippen molar-refractivity contribution in [2.45, 2.75) is 6.54 Å². The summed E-state index contributed by atoms with van der Waals surface area (Å²) < 4.78 is 2.84. The molecule has 0 fully saturated rings. The highest BCUT2D eigenvalue weighted by Gasteiger charge is 2.04. The molecule has 0 unspecified atom stereocenters. The average Bonchev–Trinajstić information content (AvgIpc) is 3.17. The second kappa shape index (κ2) is 8.26. The van der Waals surface area contributed by atoms with E-state index in [0.29, 0.717) is 10.8 Å². The Morgan fingerprint density at radius 2 is 2.04 bits per heavy atom. The number of nitrogens with one attached hydrogen (secondary N) is 1. The second-order valence-electron chi connectivity index (χ2n) is 5.35. The van der Waals surface area contributed by atoms with Gasteiger partial charge in [0.05, 0.1) is 6.54 Å². The van der Waals surface area contributed by atoms with E-state index in [1.54, 1.807) is 41.4 Å². The number of amides is 1. The molecule has 3 rings (SSSR count). The third kappa shape index (κ3) is 4.46. The van der Waals surface area contributed by atoms with E-state index in [1.807, 2.05) is 18.2 Å². The Hall–Kier alpha value is -3.19. The van der Waals surface area contributed by atoms with Crippen molar-refractivity contribution < 1.29 is 4.79 Å². The number of benzene rings is 1.